The van der Waals surface area contributed by atoms with Gasteiger partial charge in [-0.25, -0.2) is 4.68 Å². The van der Waals surface area contributed by atoms with E-state index in [1.165, 1.54) is 11.3 Å². The lowest BCUT2D eigenvalue weighted by molar-refractivity contribution is 0.526. The molecule has 4 heteroatoms. The first-order valence-electron chi connectivity index (χ1n) is 4.72. The highest BCUT2D eigenvalue weighted by atomic mass is 15.4. The second kappa shape index (κ2) is 3.03. The summed E-state index contributed by atoms with van der Waals surface area (Å²) in [5, 5.41) is 11.1. The average Bonchev–Trinajstić information content (AvgIpc) is 2.60. The topological polar surface area (TPSA) is 41.9 Å². The maximum Gasteiger partial charge on any atom is 0.129 e. The Morgan fingerprint density at radius 3 is 2.85 bits per heavy atom. The molecule has 2 heterocycles. The Kier molecular flexibility index (Phi) is 2.00. The van der Waals surface area contributed by atoms with Gasteiger partial charge in [-0.1, -0.05) is 0 Å². The lowest BCUT2D eigenvalue weighted by Crippen LogP contribution is -2.11. The second-order valence-corrected chi connectivity index (χ2v) is 3.67. The van der Waals surface area contributed by atoms with Crippen LogP contribution in [0.25, 0.3) is 0 Å². The molecule has 13 heavy (non-hydrogen) atoms. The minimum absolute atomic E-state index is 0.424. The molecule has 0 spiro atoms. The molecule has 1 aromatic heterocycles. The van der Waals surface area contributed by atoms with Crippen LogP contribution in [-0.4, -0.2) is 16.8 Å². The minimum Gasteiger partial charge on any atom is -0.373 e. The monoisotopic (exact) mass is 180 g/mol. The molecule has 72 valence electrons. The van der Waals surface area contributed by atoms with Crippen LogP contribution in [0.15, 0.2) is 0 Å². The summed E-state index contributed by atoms with van der Waals surface area (Å²) in [5.74, 6) is 1.16. The van der Waals surface area contributed by atoms with E-state index in [9.17, 15) is 0 Å². The molecule has 1 aromatic rings. The smallest absolute Gasteiger partial charge is 0.129 e. The maximum absolute atomic E-state index is 4.55. The van der Waals surface area contributed by atoms with Crippen LogP contribution in [0, 0.1) is 0 Å². The van der Waals surface area contributed by atoms with Crippen molar-refractivity contribution in [3.05, 3.63) is 11.3 Å². The van der Waals surface area contributed by atoms with Gasteiger partial charge in [-0.05, 0) is 13.8 Å². The molecule has 0 fully saturated rings. The van der Waals surface area contributed by atoms with Crippen molar-refractivity contribution in [2.75, 3.05) is 12.4 Å². The molecule has 0 saturated heterocycles. The van der Waals surface area contributed by atoms with E-state index in [4.69, 9.17) is 0 Å². The molecule has 0 aliphatic carbocycles. The normalized spacial score (nSPS) is 15.1. The highest BCUT2D eigenvalue weighted by Crippen LogP contribution is 2.26. The summed E-state index contributed by atoms with van der Waals surface area (Å²) in [5.41, 5.74) is 2.52. The van der Waals surface area contributed by atoms with E-state index in [0.717, 1.165) is 18.9 Å². The Bertz CT molecular complexity index is 314. The van der Waals surface area contributed by atoms with Crippen LogP contribution in [0.3, 0.4) is 0 Å². The summed E-state index contributed by atoms with van der Waals surface area (Å²) in [4.78, 5) is 0. The van der Waals surface area contributed by atoms with Crippen LogP contribution in [0.2, 0.25) is 0 Å². The highest BCUT2D eigenvalue weighted by molar-refractivity contribution is 5.49. The number of fused-ring (bicyclic) bond motifs is 1. The molecular weight excluding hydrogens is 164 g/mol. The van der Waals surface area contributed by atoms with Crippen molar-refractivity contribution in [2.45, 2.75) is 33.0 Å². The second-order valence-electron chi connectivity index (χ2n) is 3.67. The third-order valence-corrected chi connectivity index (χ3v) is 2.41. The quantitative estimate of drug-likeness (QED) is 0.716. The van der Waals surface area contributed by atoms with E-state index < -0.39 is 0 Å². The Morgan fingerprint density at radius 2 is 2.23 bits per heavy atom. The zero-order valence-corrected chi connectivity index (χ0v) is 8.39. The third kappa shape index (κ3) is 1.21. The van der Waals surface area contributed by atoms with Crippen molar-refractivity contribution >= 4 is 5.82 Å². The Hall–Kier alpha value is -1.03. The van der Waals surface area contributed by atoms with E-state index in [-0.39, 0.29) is 0 Å². The fourth-order valence-electron chi connectivity index (χ4n) is 1.79. The van der Waals surface area contributed by atoms with Gasteiger partial charge >= 0.3 is 0 Å². The first-order valence-corrected chi connectivity index (χ1v) is 4.72. The van der Waals surface area contributed by atoms with Gasteiger partial charge in [-0.3, -0.25) is 0 Å². The summed E-state index contributed by atoms with van der Waals surface area (Å²) in [7, 11) is 1.95. The molecule has 0 saturated carbocycles. The fourth-order valence-corrected chi connectivity index (χ4v) is 1.79. The van der Waals surface area contributed by atoms with Crippen LogP contribution in [0.4, 0.5) is 5.82 Å². The van der Waals surface area contributed by atoms with Crippen molar-refractivity contribution in [3.8, 4) is 0 Å². The van der Waals surface area contributed by atoms with E-state index in [0.29, 0.717) is 6.04 Å². The van der Waals surface area contributed by atoms with Crippen LogP contribution >= 0.6 is 0 Å². The van der Waals surface area contributed by atoms with Gasteiger partial charge in [0.2, 0.25) is 0 Å². The van der Waals surface area contributed by atoms with Gasteiger partial charge < -0.3 is 10.6 Å². The van der Waals surface area contributed by atoms with Gasteiger partial charge in [0.25, 0.3) is 0 Å². The molecule has 2 N–H and O–H groups in total. The van der Waals surface area contributed by atoms with Crippen LogP contribution in [-0.2, 0) is 13.1 Å². The summed E-state index contributed by atoms with van der Waals surface area (Å²) >= 11 is 0. The zero-order chi connectivity index (χ0) is 9.42. The first kappa shape index (κ1) is 8.56. The SMILES string of the molecule is CNc1c2c(nn1C(C)C)CNC2. The average molecular weight is 180 g/mol. The van der Waals surface area contributed by atoms with Crippen molar-refractivity contribution in [1.29, 1.82) is 0 Å². The van der Waals surface area contributed by atoms with E-state index in [1.54, 1.807) is 0 Å². The molecular formula is C9H16N4. The van der Waals surface area contributed by atoms with Crippen LogP contribution < -0.4 is 10.6 Å². The number of anilines is 1. The highest BCUT2D eigenvalue weighted by Gasteiger charge is 2.21. The molecule has 0 amide bonds. The third-order valence-electron chi connectivity index (χ3n) is 2.41. The molecule has 0 bridgehead atoms. The predicted octanol–water partition coefficient (Wildman–Crippen LogP) is 1.11. The molecule has 1 aliphatic rings. The van der Waals surface area contributed by atoms with E-state index >= 15 is 0 Å². The number of rotatable bonds is 2. The molecule has 0 radical (unpaired) electrons. The van der Waals surface area contributed by atoms with Gasteiger partial charge in [0.1, 0.15) is 5.82 Å². The van der Waals surface area contributed by atoms with E-state index in [1.807, 2.05) is 7.05 Å². The van der Waals surface area contributed by atoms with Gasteiger partial charge in [-0.15, -0.1) is 0 Å². The molecule has 1 aliphatic heterocycles. The van der Waals surface area contributed by atoms with Crippen LogP contribution in [0.5, 0.6) is 0 Å². The fraction of sp³-hybridized carbons (Fsp3) is 0.667. The molecule has 4 nitrogen and oxygen atoms in total. The zero-order valence-electron chi connectivity index (χ0n) is 8.39. The van der Waals surface area contributed by atoms with E-state index in [2.05, 4.69) is 34.3 Å². The number of aromatic nitrogens is 2. The van der Waals surface area contributed by atoms with Gasteiger partial charge in [0.05, 0.1) is 5.69 Å². The number of hydrogen-bond donors (Lipinski definition) is 2. The van der Waals surface area contributed by atoms with Gasteiger partial charge in [0, 0.05) is 31.7 Å². The predicted molar refractivity (Wildman–Crippen MR) is 52.7 cm³/mol. The Balaban J connectivity index is 2.47. The minimum atomic E-state index is 0.424. The molecule has 0 aromatic carbocycles. The summed E-state index contributed by atoms with van der Waals surface area (Å²) in [6.07, 6.45) is 0. The van der Waals surface area contributed by atoms with Crippen LogP contribution in [0.1, 0.15) is 31.1 Å². The Morgan fingerprint density at radius 1 is 1.46 bits per heavy atom. The number of nitrogens with zero attached hydrogens (tertiary/aromatic N) is 2. The summed E-state index contributed by atoms with van der Waals surface area (Å²) in [6, 6.07) is 0.424. The number of hydrogen-bond acceptors (Lipinski definition) is 3. The maximum atomic E-state index is 4.55. The Labute approximate surface area is 78.3 Å². The lowest BCUT2D eigenvalue weighted by atomic mass is 10.3. The number of nitrogens with one attached hydrogen (secondary N) is 2. The summed E-state index contributed by atoms with van der Waals surface area (Å²) in [6.45, 7) is 6.15. The molecule has 0 atom stereocenters. The van der Waals surface area contributed by atoms with Crippen molar-refractivity contribution < 1.29 is 0 Å². The molecule has 2 rings (SSSR count). The van der Waals surface area contributed by atoms with Crippen molar-refractivity contribution in [2.24, 2.45) is 0 Å². The first-order chi connectivity index (χ1) is 6.24. The largest absolute Gasteiger partial charge is 0.373 e. The standard InChI is InChI=1S/C9H16N4/c1-6(2)13-9(10-3)7-4-11-5-8(7)12-13/h6,10-11H,4-5H2,1-3H3. The lowest BCUT2D eigenvalue weighted by Gasteiger charge is -2.11. The molecule has 0 unspecified atom stereocenters. The van der Waals surface area contributed by atoms with Gasteiger partial charge in [-0.2, -0.15) is 5.10 Å². The van der Waals surface area contributed by atoms with Crippen molar-refractivity contribution in [1.82, 2.24) is 15.1 Å². The summed E-state index contributed by atoms with van der Waals surface area (Å²) < 4.78 is 2.06. The van der Waals surface area contributed by atoms with Crippen molar-refractivity contribution in [3.63, 3.8) is 0 Å². The van der Waals surface area contributed by atoms with Gasteiger partial charge in [0.15, 0.2) is 0 Å².